The predicted octanol–water partition coefficient (Wildman–Crippen LogP) is 4.82. The number of carbonyl (C=O) groups excluding carboxylic acids is 1. The Labute approximate surface area is 156 Å². The second-order valence-corrected chi connectivity index (χ2v) is 6.38. The summed E-state index contributed by atoms with van der Waals surface area (Å²) in [6.45, 7) is 1.82. The Balaban J connectivity index is 1.86. The number of ketones is 1. The molecule has 1 aliphatic heterocycles. The minimum absolute atomic E-state index is 0.157. The van der Waals surface area contributed by atoms with Crippen molar-refractivity contribution in [1.82, 2.24) is 9.97 Å². The van der Waals surface area contributed by atoms with Crippen molar-refractivity contribution in [3.8, 4) is 0 Å². The average Bonchev–Trinajstić information content (AvgIpc) is 3.28. The van der Waals surface area contributed by atoms with Crippen LogP contribution in [0.25, 0.3) is 10.9 Å². The Bertz CT molecular complexity index is 1120. The van der Waals surface area contributed by atoms with Gasteiger partial charge in [-0.25, -0.2) is 0 Å². The van der Waals surface area contributed by atoms with Crippen molar-refractivity contribution in [3.63, 3.8) is 0 Å². The molecule has 7 nitrogen and oxygen atoms in total. The molecule has 0 bridgehead atoms. The molecule has 10 heteroatoms. The second-order valence-electron chi connectivity index (χ2n) is 6.38. The van der Waals surface area contributed by atoms with Crippen LogP contribution < -0.4 is 0 Å². The molecule has 2 aromatic heterocycles. The van der Waals surface area contributed by atoms with E-state index in [0.29, 0.717) is 10.9 Å². The van der Waals surface area contributed by atoms with E-state index in [1.807, 2.05) is 6.92 Å². The number of nitrogens with one attached hydrogen (secondary N) is 1. The highest BCUT2D eigenvalue weighted by atomic mass is 19.4. The van der Waals surface area contributed by atoms with E-state index >= 15 is 0 Å². The first-order valence-electron chi connectivity index (χ1n) is 8.32. The SMILES string of the molecule is Cc1ccnc(C(=O)c2[nH]c3cc(C(F)(F)F)ccc3c2CC2N=NN=N2)c1. The van der Waals surface area contributed by atoms with Gasteiger partial charge in [-0.1, -0.05) is 6.07 Å². The van der Waals surface area contributed by atoms with Gasteiger partial charge in [-0.3, -0.25) is 9.78 Å². The minimum atomic E-state index is -4.49. The first-order valence-corrected chi connectivity index (χ1v) is 8.32. The normalized spacial score (nSPS) is 14.3. The van der Waals surface area contributed by atoms with Gasteiger partial charge in [0.15, 0.2) is 6.17 Å². The molecule has 0 atom stereocenters. The third-order valence-electron chi connectivity index (χ3n) is 4.41. The lowest BCUT2D eigenvalue weighted by molar-refractivity contribution is -0.137. The van der Waals surface area contributed by atoms with Gasteiger partial charge in [0, 0.05) is 23.5 Å². The van der Waals surface area contributed by atoms with E-state index in [-0.39, 0.29) is 23.3 Å². The van der Waals surface area contributed by atoms with Crippen LogP contribution in [0.5, 0.6) is 0 Å². The van der Waals surface area contributed by atoms with E-state index in [1.54, 1.807) is 12.1 Å². The minimum Gasteiger partial charge on any atom is -0.352 e. The fraction of sp³-hybridized carbons (Fsp3) is 0.222. The van der Waals surface area contributed by atoms with Crippen LogP contribution >= 0.6 is 0 Å². The van der Waals surface area contributed by atoms with Gasteiger partial charge in [0.2, 0.25) is 5.78 Å². The lowest BCUT2D eigenvalue weighted by Gasteiger charge is -2.07. The molecule has 0 unspecified atom stereocenters. The first-order chi connectivity index (χ1) is 13.3. The molecule has 0 aliphatic carbocycles. The van der Waals surface area contributed by atoms with Crippen LogP contribution in [0.4, 0.5) is 13.2 Å². The predicted molar refractivity (Wildman–Crippen MR) is 92.9 cm³/mol. The summed E-state index contributed by atoms with van der Waals surface area (Å²) in [6.07, 6.45) is -3.44. The largest absolute Gasteiger partial charge is 0.416 e. The number of rotatable bonds is 4. The van der Waals surface area contributed by atoms with Gasteiger partial charge in [0.25, 0.3) is 0 Å². The molecule has 0 amide bonds. The molecule has 3 aromatic rings. The van der Waals surface area contributed by atoms with E-state index in [9.17, 15) is 18.0 Å². The van der Waals surface area contributed by atoms with Crippen molar-refractivity contribution in [2.24, 2.45) is 20.7 Å². The third kappa shape index (κ3) is 3.28. The number of pyridine rings is 1. The van der Waals surface area contributed by atoms with Gasteiger partial charge in [0.05, 0.1) is 11.3 Å². The Hall–Kier alpha value is -3.43. The number of nitrogens with zero attached hydrogens (tertiary/aromatic N) is 5. The number of hydrogen-bond donors (Lipinski definition) is 1. The van der Waals surface area contributed by atoms with Crippen LogP contribution in [-0.2, 0) is 12.6 Å². The maximum atomic E-state index is 13.1. The maximum absolute atomic E-state index is 13.1. The number of halogens is 3. The van der Waals surface area contributed by atoms with E-state index in [2.05, 4.69) is 30.6 Å². The van der Waals surface area contributed by atoms with Crippen LogP contribution in [0.15, 0.2) is 57.2 Å². The van der Waals surface area contributed by atoms with E-state index in [4.69, 9.17) is 0 Å². The molecule has 0 fully saturated rings. The molecule has 3 heterocycles. The Kier molecular flexibility index (Phi) is 4.25. The lowest BCUT2D eigenvalue weighted by atomic mass is 10.0. The average molecular weight is 386 g/mol. The summed E-state index contributed by atoms with van der Waals surface area (Å²) in [6, 6.07) is 6.67. The quantitative estimate of drug-likeness (QED) is 0.651. The molecule has 0 spiro atoms. The summed E-state index contributed by atoms with van der Waals surface area (Å²) in [7, 11) is 0. The van der Waals surface area contributed by atoms with Crippen molar-refractivity contribution in [3.05, 3.63) is 64.6 Å². The van der Waals surface area contributed by atoms with Crippen LogP contribution in [0.2, 0.25) is 0 Å². The second kappa shape index (κ2) is 6.63. The number of hydrogen-bond acceptors (Lipinski definition) is 6. The van der Waals surface area contributed by atoms with Gasteiger partial charge in [-0.2, -0.15) is 13.2 Å². The van der Waals surface area contributed by atoms with E-state index < -0.39 is 23.7 Å². The molecule has 0 saturated carbocycles. The molecule has 1 aliphatic rings. The van der Waals surface area contributed by atoms with Crippen molar-refractivity contribution >= 4 is 16.7 Å². The van der Waals surface area contributed by atoms with Crippen molar-refractivity contribution in [2.75, 3.05) is 0 Å². The van der Waals surface area contributed by atoms with Gasteiger partial charge >= 0.3 is 6.18 Å². The topological polar surface area (TPSA) is 95.2 Å². The van der Waals surface area contributed by atoms with Crippen molar-refractivity contribution in [1.29, 1.82) is 0 Å². The molecule has 1 N–H and O–H groups in total. The number of fused-ring (bicyclic) bond motifs is 1. The highest BCUT2D eigenvalue weighted by molar-refractivity contribution is 6.11. The number of alkyl halides is 3. The van der Waals surface area contributed by atoms with Crippen LogP contribution in [0.3, 0.4) is 0 Å². The highest BCUT2D eigenvalue weighted by Crippen LogP contribution is 2.34. The Morgan fingerprint density at radius 1 is 1.14 bits per heavy atom. The molecule has 4 rings (SSSR count). The number of benzene rings is 1. The van der Waals surface area contributed by atoms with Gasteiger partial charge in [-0.05, 0) is 52.8 Å². The summed E-state index contributed by atoms with van der Waals surface area (Å²) >= 11 is 0. The fourth-order valence-corrected chi connectivity index (χ4v) is 3.08. The maximum Gasteiger partial charge on any atom is 0.416 e. The molecular formula is C18H13F3N6O. The van der Waals surface area contributed by atoms with E-state index in [1.165, 1.54) is 12.3 Å². The van der Waals surface area contributed by atoms with Crippen molar-refractivity contribution in [2.45, 2.75) is 25.7 Å². The summed E-state index contributed by atoms with van der Waals surface area (Å²) in [5.74, 6) is -0.421. The van der Waals surface area contributed by atoms with Gasteiger partial charge in [0.1, 0.15) is 5.69 Å². The molecule has 28 heavy (non-hydrogen) atoms. The fourth-order valence-electron chi connectivity index (χ4n) is 3.08. The number of carbonyl (C=O) groups is 1. The Morgan fingerprint density at radius 3 is 2.57 bits per heavy atom. The Morgan fingerprint density at radius 2 is 1.89 bits per heavy atom. The summed E-state index contributed by atoms with van der Waals surface area (Å²) in [5, 5.41) is 15.0. The zero-order chi connectivity index (χ0) is 19.9. The number of aromatic nitrogens is 2. The van der Waals surface area contributed by atoms with Gasteiger partial charge < -0.3 is 4.98 Å². The zero-order valence-electron chi connectivity index (χ0n) is 14.5. The molecular weight excluding hydrogens is 373 g/mol. The lowest BCUT2D eigenvalue weighted by Crippen LogP contribution is -2.10. The van der Waals surface area contributed by atoms with Crippen LogP contribution in [0.1, 0.15) is 32.9 Å². The number of H-pyrrole nitrogens is 1. The monoisotopic (exact) mass is 386 g/mol. The van der Waals surface area contributed by atoms with E-state index in [0.717, 1.165) is 17.7 Å². The summed E-state index contributed by atoms with van der Waals surface area (Å²) < 4.78 is 39.2. The first kappa shape index (κ1) is 18.0. The number of aryl methyl sites for hydroxylation is 1. The standard InChI is InChI=1S/C18H13F3N6O/c1-9-4-5-22-14(6-9)17(28)16-12(8-15-24-26-27-25-15)11-3-2-10(18(19,20)21)7-13(11)23-16/h2-7,15,23H,8H2,1H3. The van der Waals surface area contributed by atoms with Gasteiger partial charge in [-0.15, -0.1) is 10.2 Å². The highest BCUT2D eigenvalue weighted by Gasteiger charge is 2.32. The summed E-state index contributed by atoms with van der Waals surface area (Å²) in [5.41, 5.74) is 1.09. The zero-order valence-corrected chi connectivity index (χ0v) is 14.5. The van der Waals surface area contributed by atoms with Crippen LogP contribution in [-0.4, -0.2) is 21.9 Å². The smallest absolute Gasteiger partial charge is 0.352 e. The number of aromatic amines is 1. The summed E-state index contributed by atoms with van der Waals surface area (Å²) in [4.78, 5) is 19.9. The van der Waals surface area contributed by atoms with Crippen LogP contribution in [0, 0.1) is 6.92 Å². The molecule has 0 radical (unpaired) electrons. The third-order valence-corrected chi connectivity index (χ3v) is 4.41. The molecule has 0 saturated heterocycles. The molecule has 1 aromatic carbocycles. The molecule has 142 valence electrons. The van der Waals surface area contributed by atoms with Crippen molar-refractivity contribution < 1.29 is 18.0 Å².